The average molecular weight is 242 g/mol. The van der Waals surface area contributed by atoms with Crippen LogP contribution >= 0.6 is 0 Å². The second kappa shape index (κ2) is 7.67. The summed E-state index contributed by atoms with van der Waals surface area (Å²) in [5, 5.41) is 6.22. The Morgan fingerprint density at radius 2 is 2.24 bits per heavy atom. The van der Waals surface area contributed by atoms with Gasteiger partial charge >= 0.3 is 0 Å². The van der Waals surface area contributed by atoms with E-state index in [1.54, 1.807) is 0 Å². The molecular formula is C13H26N2O2. The van der Waals surface area contributed by atoms with Gasteiger partial charge in [0.25, 0.3) is 0 Å². The number of nitrogens with one attached hydrogen (secondary N) is 2. The van der Waals surface area contributed by atoms with Crippen molar-refractivity contribution in [2.75, 3.05) is 19.7 Å². The Hall–Kier alpha value is -0.610. The summed E-state index contributed by atoms with van der Waals surface area (Å²) < 4.78 is 5.44. The van der Waals surface area contributed by atoms with E-state index in [1.807, 2.05) is 13.8 Å². The molecule has 2 unspecified atom stereocenters. The zero-order valence-electron chi connectivity index (χ0n) is 11.3. The smallest absolute Gasteiger partial charge is 0.237 e. The number of ether oxygens (including phenoxy) is 1. The van der Waals surface area contributed by atoms with Crippen molar-refractivity contribution >= 4 is 5.91 Å². The Bertz CT molecular complexity index is 231. The first kappa shape index (κ1) is 14.5. The summed E-state index contributed by atoms with van der Waals surface area (Å²) in [6.45, 7) is 8.70. The lowest BCUT2D eigenvalue weighted by atomic mass is 10.0. The van der Waals surface area contributed by atoms with Crippen molar-refractivity contribution < 1.29 is 9.53 Å². The molecule has 1 rings (SSSR count). The molecule has 0 aromatic rings. The third kappa shape index (κ3) is 5.50. The average Bonchev–Trinajstić information content (AvgIpc) is 2.69. The van der Waals surface area contributed by atoms with Gasteiger partial charge in [-0.3, -0.25) is 4.79 Å². The Balaban J connectivity index is 2.00. The summed E-state index contributed by atoms with van der Waals surface area (Å²) in [5.41, 5.74) is 0. The molecule has 4 nitrogen and oxygen atoms in total. The Morgan fingerprint density at radius 1 is 1.47 bits per heavy atom. The van der Waals surface area contributed by atoms with Crippen LogP contribution in [-0.4, -0.2) is 37.7 Å². The van der Waals surface area contributed by atoms with Gasteiger partial charge in [0.05, 0.1) is 12.1 Å². The van der Waals surface area contributed by atoms with E-state index in [9.17, 15) is 4.79 Å². The highest BCUT2D eigenvalue weighted by atomic mass is 16.5. The topological polar surface area (TPSA) is 50.4 Å². The third-order valence-electron chi connectivity index (χ3n) is 3.14. The van der Waals surface area contributed by atoms with Gasteiger partial charge in [-0.25, -0.2) is 0 Å². The predicted molar refractivity (Wildman–Crippen MR) is 68.9 cm³/mol. The minimum Gasteiger partial charge on any atom is -0.379 e. The van der Waals surface area contributed by atoms with Gasteiger partial charge in [-0.2, -0.15) is 0 Å². The van der Waals surface area contributed by atoms with E-state index in [0.29, 0.717) is 12.0 Å². The molecule has 0 aromatic carbocycles. The van der Waals surface area contributed by atoms with Crippen LogP contribution in [0, 0.1) is 5.92 Å². The second-order valence-electron chi connectivity index (χ2n) is 5.12. The highest BCUT2D eigenvalue weighted by Crippen LogP contribution is 2.14. The van der Waals surface area contributed by atoms with Gasteiger partial charge in [-0.15, -0.1) is 0 Å². The van der Waals surface area contributed by atoms with Gasteiger partial charge in [0, 0.05) is 13.2 Å². The van der Waals surface area contributed by atoms with Gasteiger partial charge in [-0.05, 0) is 45.6 Å². The number of hydrogen-bond donors (Lipinski definition) is 2. The Kier molecular flexibility index (Phi) is 6.52. The van der Waals surface area contributed by atoms with Crippen molar-refractivity contribution in [1.29, 1.82) is 0 Å². The number of unbranched alkanes of at least 4 members (excludes halogenated alkanes) is 1. The first-order valence-corrected chi connectivity index (χ1v) is 6.74. The molecule has 1 heterocycles. The Labute approximate surface area is 104 Å². The van der Waals surface area contributed by atoms with Crippen LogP contribution in [0.1, 0.15) is 40.0 Å². The van der Waals surface area contributed by atoms with Crippen molar-refractivity contribution in [2.24, 2.45) is 5.92 Å². The second-order valence-corrected chi connectivity index (χ2v) is 5.12. The fourth-order valence-corrected chi connectivity index (χ4v) is 2.05. The standard InChI is InChI=1S/C13H26N2O2/c1-10(2)17-9-5-4-7-15-13(16)12-11(3)6-8-14-12/h10-12,14H,4-9H2,1-3H3,(H,15,16). The molecule has 1 fully saturated rings. The van der Waals surface area contributed by atoms with Crippen LogP contribution in [0.3, 0.4) is 0 Å². The lowest BCUT2D eigenvalue weighted by Crippen LogP contribution is -2.43. The van der Waals surface area contributed by atoms with Crippen LogP contribution in [0.4, 0.5) is 0 Å². The Morgan fingerprint density at radius 3 is 2.82 bits per heavy atom. The predicted octanol–water partition coefficient (Wildman–Crippen LogP) is 1.31. The van der Waals surface area contributed by atoms with Gasteiger partial charge in [0.2, 0.25) is 5.91 Å². The SMILES string of the molecule is CC(C)OCCCCNC(=O)C1NCCC1C. The molecule has 4 heteroatoms. The number of hydrogen-bond acceptors (Lipinski definition) is 3. The third-order valence-corrected chi connectivity index (χ3v) is 3.14. The van der Waals surface area contributed by atoms with Crippen LogP contribution in [0.15, 0.2) is 0 Å². The summed E-state index contributed by atoms with van der Waals surface area (Å²) in [4.78, 5) is 11.8. The largest absolute Gasteiger partial charge is 0.379 e. The van der Waals surface area contributed by atoms with Gasteiger partial charge in [0.1, 0.15) is 0 Å². The minimum absolute atomic E-state index is 0.0157. The maximum Gasteiger partial charge on any atom is 0.237 e. The molecule has 0 spiro atoms. The molecule has 1 aliphatic heterocycles. The zero-order valence-corrected chi connectivity index (χ0v) is 11.3. The molecule has 0 aromatic heterocycles. The number of carbonyl (C=O) groups excluding carboxylic acids is 1. The summed E-state index contributed by atoms with van der Waals surface area (Å²) in [6.07, 6.45) is 3.39. The lowest BCUT2D eigenvalue weighted by molar-refractivity contribution is -0.123. The number of rotatable bonds is 7. The van der Waals surface area contributed by atoms with Crippen molar-refractivity contribution in [3.63, 3.8) is 0 Å². The summed E-state index contributed by atoms with van der Waals surface area (Å²) in [6, 6.07) is 0.0157. The van der Waals surface area contributed by atoms with Crippen molar-refractivity contribution in [2.45, 2.75) is 52.2 Å². The minimum atomic E-state index is 0.0157. The lowest BCUT2D eigenvalue weighted by Gasteiger charge is -2.15. The van der Waals surface area contributed by atoms with E-state index in [1.165, 1.54) is 0 Å². The van der Waals surface area contributed by atoms with E-state index >= 15 is 0 Å². The van der Waals surface area contributed by atoms with Gasteiger partial charge < -0.3 is 15.4 Å². The van der Waals surface area contributed by atoms with E-state index in [0.717, 1.165) is 39.0 Å². The number of carbonyl (C=O) groups is 1. The van der Waals surface area contributed by atoms with E-state index < -0.39 is 0 Å². The monoisotopic (exact) mass is 242 g/mol. The maximum absolute atomic E-state index is 11.8. The highest BCUT2D eigenvalue weighted by molar-refractivity contribution is 5.82. The van der Waals surface area contributed by atoms with E-state index in [4.69, 9.17) is 4.74 Å². The zero-order chi connectivity index (χ0) is 12.7. The first-order valence-electron chi connectivity index (χ1n) is 6.74. The number of amides is 1. The van der Waals surface area contributed by atoms with E-state index in [2.05, 4.69) is 17.6 Å². The fraction of sp³-hybridized carbons (Fsp3) is 0.923. The summed E-state index contributed by atoms with van der Waals surface area (Å²) in [7, 11) is 0. The van der Waals surface area contributed by atoms with Crippen LogP contribution < -0.4 is 10.6 Å². The van der Waals surface area contributed by atoms with Gasteiger partial charge in [-0.1, -0.05) is 6.92 Å². The van der Waals surface area contributed by atoms with Crippen molar-refractivity contribution in [3.05, 3.63) is 0 Å². The normalized spacial score (nSPS) is 24.2. The molecule has 100 valence electrons. The van der Waals surface area contributed by atoms with Gasteiger partial charge in [0.15, 0.2) is 0 Å². The molecule has 1 saturated heterocycles. The fourth-order valence-electron chi connectivity index (χ4n) is 2.05. The van der Waals surface area contributed by atoms with Crippen molar-refractivity contribution in [3.8, 4) is 0 Å². The molecule has 2 atom stereocenters. The molecule has 2 N–H and O–H groups in total. The summed E-state index contributed by atoms with van der Waals surface area (Å²) in [5.74, 6) is 0.610. The molecule has 1 amide bonds. The van der Waals surface area contributed by atoms with Crippen LogP contribution in [0.2, 0.25) is 0 Å². The van der Waals surface area contributed by atoms with Crippen LogP contribution in [0.5, 0.6) is 0 Å². The quantitative estimate of drug-likeness (QED) is 0.662. The summed E-state index contributed by atoms with van der Waals surface area (Å²) >= 11 is 0. The molecule has 17 heavy (non-hydrogen) atoms. The maximum atomic E-state index is 11.8. The first-order chi connectivity index (χ1) is 8.11. The molecule has 0 saturated carbocycles. The molecule has 0 radical (unpaired) electrons. The van der Waals surface area contributed by atoms with Crippen LogP contribution in [-0.2, 0) is 9.53 Å². The highest BCUT2D eigenvalue weighted by Gasteiger charge is 2.28. The van der Waals surface area contributed by atoms with E-state index in [-0.39, 0.29) is 11.9 Å². The molecule has 0 aliphatic carbocycles. The van der Waals surface area contributed by atoms with Crippen molar-refractivity contribution in [1.82, 2.24) is 10.6 Å². The van der Waals surface area contributed by atoms with Crippen LogP contribution in [0.25, 0.3) is 0 Å². The molecule has 1 aliphatic rings. The molecular weight excluding hydrogens is 216 g/mol. The molecule has 0 bridgehead atoms.